The fourth-order valence-corrected chi connectivity index (χ4v) is 1.81. The van der Waals surface area contributed by atoms with Gasteiger partial charge in [-0.3, -0.25) is 4.79 Å². The summed E-state index contributed by atoms with van der Waals surface area (Å²) in [5.41, 5.74) is 5.58. The van der Waals surface area contributed by atoms with E-state index in [1.165, 1.54) is 0 Å². The standard InChI is InChI=1S/C12H24N2O2/c1-8(2)10(4)12(15)14-6-11(5-13)16-7-9(14)3/h8-11H,5-7,13H2,1-4H3. The van der Waals surface area contributed by atoms with Gasteiger partial charge in [0.1, 0.15) is 0 Å². The molecule has 3 atom stereocenters. The van der Waals surface area contributed by atoms with Crippen LogP contribution in [0.15, 0.2) is 0 Å². The highest BCUT2D eigenvalue weighted by molar-refractivity contribution is 5.79. The van der Waals surface area contributed by atoms with Crippen LogP contribution in [0.25, 0.3) is 0 Å². The Bertz CT molecular complexity index is 243. The van der Waals surface area contributed by atoms with Gasteiger partial charge in [0.25, 0.3) is 0 Å². The van der Waals surface area contributed by atoms with Crippen LogP contribution in [0.3, 0.4) is 0 Å². The van der Waals surface area contributed by atoms with Crippen LogP contribution in [0, 0.1) is 11.8 Å². The molecule has 1 saturated heterocycles. The Labute approximate surface area is 98.1 Å². The van der Waals surface area contributed by atoms with E-state index in [-0.39, 0.29) is 24.0 Å². The predicted molar refractivity (Wildman–Crippen MR) is 64.0 cm³/mol. The largest absolute Gasteiger partial charge is 0.373 e. The Balaban J connectivity index is 2.65. The van der Waals surface area contributed by atoms with Crippen molar-refractivity contribution in [2.75, 3.05) is 19.7 Å². The minimum atomic E-state index is -0.000452. The summed E-state index contributed by atoms with van der Waals surface area (Å²) in [5.74, 6) is 0.669. The van der Waals surface area contributed by atoms with Crippen molar-refractivity contribution < 1.29 is 9.53 Å². The van der Waals surface area contributed by atoms with Crippen LogP contribution in [0.1, 0.15) is 27.7 Å². The number of nitrogens with zero attached hydrogens (tertiary/aromatic N) is 1. The molecule has 1 rings (SSSR count). The predicted octanol–water partition coefficient (Wildman–Crippen LogP) is 0.853. The van der Waals surface area contributed by atoms with E-state index in [1.54, 1.807) is 0 Å². The van der Waals surface area contributed by atoms with Gasteiger partial charge in [0.2, 0.25) is 5.91 Å². The summed E-state index contributed by atoms with van der Waals surface area (Å²) in [5, 5.41) is 0. The van der Waals surface area contributed by atoms with Crippen molar-refractivity contribution in [3.8, 4) is 0 Å². The fourth-order valence-electron chi connectivity index (χ4n) is 1.81. The van der Waals surface area contributed by atoms with Gasteiger partial charge in [-0.25, -0.2) is 0 Å². The summed E-state index contributed by atoms with van der Waals surface area (Å²) < 4.78 is 5.54. The number of nitrogens with two attached hydrogens (primary N) is 1. The Morgan fingerprint density at radius 1 is 1.50 bits per heavy atom. The van der Waals surface area contributed by atoms with Gasteiger partial charge in [-0.15, -0.1) is 0 Å². The molecule has 3 unspecified atom stereocenters. The van der Waals surface area contributed by atoms with E-state index in [4.69, 9.17) is 10.5 Å². The van der Waals surface area contributed by atoms with Gasteiger partial charge in [0.05, 0.1) is 18.8 Å². The molecule has 1 heterocycles. The number of ether oxygens (including phenoxy) is 1. The second kappa shape index (κ2) is 5.64. The Morgan fingerprint density at radius 3 is 2.62 bits per heavy atom. The number of hydrogen-bond acceptors (Lipinski definition) is 3. The third-order valence-electron chi connectivity index (χ3n) is 3.44. The molecule has 0 radical (unpaired) electrons. The van der Waals surface area contributed by atoms with Gasteiger partial charge in [0, 0.05) is 19.0 Å². The Kier molecular flexibility index (Phi) is 4.74. The molecule has 2 N–H and O–H groups in total. The lowest BCUT2D eigenvalue weighted by Gasteiger charge is -2.39. The molecule has 16 heavy (non-hydrogen) atoms. The lowest BCUT2D eigenvalue weighted by Crippen LogP contribution is -2.54. The van der Waals surface area contributed by atoms with E-state index in [0.717, 1.165) is 0 Å². The minimum absolute atomic E-state index is 0.000452. The topological polar surface area (TPSA) is 55.6 Å². The summed E-state index contributed by atoms with van der Waals surface area (Å²) in [4.78, 5) is 14.2. The van der Waals surface area contributed by atoms with Crippen LogP contribution in [-0.4, -0.2) is 42.6 Å². The molecule has 0 aromatic heterocycles. The lowest BCUT2D eigenvalue weighted by atomic mass is 9.95. The highest BCUT2D eigenvalue weighted by atomic mass is 16.5. The SMILES string of the molecule is CC(C)C(C)C(=O)N1CC(CN)OCC1C. The molecular formula is C12H24N2O2. The number of amides is 1. The zero-order chi connectivity index (χ0) is 12.3. The van der Waals surface area contributed by atoms with E-state index in [9.17, 15) is 4.79 Å². The van der Waals surface area contributed by atoms with E-state index in [0.29, 0.717) is 25.6 Å². The maximum atomic E-state index is 12.2. The number of carbonyl (C=O) groups excluding carboxylic acids is 1. The zero-order valence-corrected chi connectivity index (χ0v) is 10.8. The molecule has 1 fully saturated rings. The van der Waals surface area contributed by atoms with Crippen molar-refractivity contribution in [3.63, 3.8) is 0 Å². The van der Waals surface area contributed by atoms with Crippen molar-refractivity contribution in [1.82, 2.24) is 4.90 Å². The summed E-state index contributed by atoms with van der Waals surface area (Å²) in [6, 6.07) is 0.163. The first kappa shape index (κ1) is 13.5. The molecule has 1 amide bonds. The summed E-state index contributed by atoms with van der Waals surface area (Å²) in [7, 11) is 0. The highest BCUT2D eigenvalue weighted by Crippen LogP contribution is 2.18. The first-order chi connectivity index (χ1) is 7.47. The quantitative estimate of drug-likeness (QED) is 0.779. The number of rotatable bonds is 3. The number of hydrogen-bond donors (Lipinski definition) is 1. The van der Waals surface area contributed by atoms with Crippen LogP contribution in [-0.2, 0) is 9.53 Å². The van der Waals surface area contributed by atoms with Gasteiger partial charge in [-0.1, -0.05) is 20.8 Å². The molecular weight excluding hydrogens is 204 g/mol. The second-order valence-corrected chi connectivity index (χ2v) is 5.06. The normalized spacial score (nSPS) is 28.2. The molecule has 1 aliphatic heterocycles. The van der Waals surface area contributed by atoms with Gasteiger partial charge >= 0.3 is 0 Å². The van der Waals surface area contributed by atoms with Gasteiger partial charge in [-0.05, 0) is 12.8 Å². The molecule has 4 heteroatoms. The monoisotopic (exact) mass is 228 g/mol. The van der Waals surface area contributed by atoms with Gasteiger partial charge in [0.15, 0.2) is 0 Å². The molecule has 0 aromatic rings. The molecule has 94 valence electrons. The Hall–Kier alpha value is -0.610. The van der Waals surface area contributed by atoms with Crippen LogP contribution >= 0.6 is 0 Å². The number of carbonyl (C=O) groups is 1. The maximum absolute atomic E-state index is 12.2. The maximum Gasteiger partial charge on any atom is 0.226 e. The van der Waals surface area contributed by atoms with E-state index in [1.807, 2.05) is 18.7 Å². The smallest absolute Gasteiger partial charge is 0.226 e. The summed E-state index contributed by atoms with van der Waals surface area (Å²) in [6.45, 7) is 9.88. The second-order valence-electron chi connectivity index (χ2n) is 5.06. The summed E-state index contributed by atoms with van der Waals surface area (Å²) >= 11 is 0. The highest BCUT2D eigenvalue weighted by Gasteiger charge is 2.32. The first-order valence-corrected chi connectivity index (χ1v) is 6.09. The van der Waals surface area contributed by atoms with Crippen LogP contribution in [0.5, 0.6) is 0 Å². The Morgan fingerprint density at radius 2 is 2.12 bits per heavy atom. The fraction of sp³-hybridized carbons (Fsp3) is 0.917. The van der Waals surface area contributed by atoms with Crippen molar-refractivity contribution in [2.45, 2.75) is 39.8 Å². The molecule has 0 saturated carbocycles. The van der Waals surface area contributed by atoms with E-state index in [2.05, 4.69) is 13.8 Å². The van der Waals surface area contributed by atoms with Crippen molar-refractivity contribution in [1.29, 1.82) is 0 Å². The molecule has 4 nitrogen and oxygen atoms in total. The van der Waals surface area contributed by atoms with Gasteiger partial charge < -0.3 is 15.4 Å². The van der Waals surface area contributed by atoms with Crippen LogP contribution in [0.4, 0.5) is 0 Å². The van der Waals surface area contributed by atoms with Gasteiger partial charge in [-0.2, -0.15) is 0 Å². The van der Waals surface area contributed by atoms with Crippen LogP contribution in [0.2, 0.25) is 0 Å². The zero-order valence-electron chi connectivity index (χ0n) is 10.8. The molecule has 0 aromatic carbocycles. The van der Waals surface area contributed by atoms with Crippen molar-refractivity contribution in [2.24, 2.45) is 17.6 Å². The lowest BCUT2D eigenvalue weighted by molar-refractivity contribution is -0.148. The third kappa shape index (κ3) is 2.95. The molecule has 0 bridgehead atoms. The molecule has 0 aliphatic carbocycles. The minimum Gasteiger partial charge on any atom is -0.373 e. The van der Waals surface area contributed by atoms with Crippen molar-refractivity contribution in [3.05, 3.63) is 0 Å². The van der Waals surface area contributed by atoms with E-state index < -0.39 is 0 Å². The van der Waals surface area contributed by atoms with Crippen LogP contribution < -0.4 is 5.73 Å². The summed E-state index contributed by atoms with van der Waals surface area (Å²) in [6.07, 6.45) is -0.000452. The van der Waals surface area contributed by atoms with Crippen molar-refractivity contribution >= 4 is 5.91 Å². The molecule has 1 aliphatic rings. The molecule has 0 spiro atoms. The number of morpholine rings is 1. The first-order valence-electron chi connectivity index (χ1n) is 6.09. The average molecular weight is 228 g/mol. The third-order valence-corrected chi connectivity index (χ3v) is 3.44. The average Bonchev–Trinajstić information content (AvgIpc) is 2.27. The van der Waals surface area contributed by atoms with E-state index >= 15 is 0 Å².